The second kappa shape index (κ2) is 10.5. The number of thiazole rings is 1. The molecule has 0 aliphatic carbocycles. The molecule has 1 aliphatic rings. The number of piperidine rings is 1. The third-order valence-electron chi connectivity index (χ3n) is 4.52. The highest BCUT2D eigenvalue weighted by atomic mass is 32.2. The van der Waals surface area contributed by atoms with Crippen LogP contribution in [0.25, 0.3) is 0 Å². The summed E-state index contributed by atoms with van der Waals surface area (Å²) in [5.74, 6) is -1.31. The summed E-state index contributed by atoms with van der Waals surface area (Å²) in [5.41, 5.74) is 0.405. The summed E-state index contributed by atoms with van der Waals surface area (Å²) in [6.45, 7) is 4.57. The maximum Gasteiger partial charge on any atom is 0.358 e. The van der Waals surface area contributed by atoms with E-state index in [0.717, 1.165) is 19.3 Å². The van der Waals surface area contributed by atoms with Crippen LogP contribution in [-0.2, 0) is 19.6 Å². The molecule has 2 aromatic rings. The van der Waals surface area contributed by atoms with Crippen molar-refractivity contribution >= 4 is 44.1 Å². The third kappa shape index (κ3) is 6.12. The van der Waals surface area contributed by atoms with Crippen LogP contribution in [0.4, 0.5) is 10.8 Å². The number of hydrogen-bond acceptors (Lipinski definition) is 8. The van der Waals surface area contributed by atoms with Crippen molar-refractivity contribution in [3.63, 3.8) is 0 Å². The quantitative estimate of drug-likeness (QED) is 0.433. The molecule has 0 spiro atoms. The van der Waals surface area contributed by atoms with Crippen molar-refractivity contribution in [1.82, 2.24) is 9.29 Å². The Kier molecular flexibility index (Phi) is 7.77. The first-order valence-electron chi connectivity index (χ1n) is 9.77. The second-order valence-corrected chi connectivity index (χ2v) is 9.62. The largest absolute Gasteiger partial charge is 0.451 e. The fraction of sp³-hybridized carbons (Fsp3) is 0.350. The third-order valence-corrected chi connectivity index (χ3v) is 7.21. The van der Waals surface area contributed by atoms with Crippen LogP contribution in [0, 0.1) is 0 Å². The Morgan fingerprint density at radius 1 is 1.26 bits per heavy atom. The number of nitrogens with zero attached hydrogens (tertiary/aromatic N) is 2. The smallest absolute Gasteiger partial charge is 0.358 e. The van der Waals surface area contributed by atoms with E-state index in [4.69, 9.17) is 4.74 Å². The highest BCUT2D eigenvalue weighted by Crippen LogP contribution is 2.23. The molecule has 166 valence electrons. The summed E-state index contributed by atoms with van der Waals surface area (Å²) in [5, 5.41) is 7.59. The van der Waals surface area contributed by atoms with Crippen molar-refractivity contribution in [3.8, 4) is 0 Å². The minimum absolute atomic E-state index is 0.0963. The molecule has 1 aromatic carbocycles. The number of benzene rings is 1. The first-order chi connectivity index (χ1) is 14.9. The molecular weight excluding hydrogens is 440 g/mol. The van der Waals surface area contributed by atoms with Crippen LogP contribution in [0.1, 0.15) is 29.8 Å². The molecule has 0 unspecified atom stereocenters. The number of aromatic nitrogens is 1. The average molecular weight is 465 g/mol. The number of ether oxygens (including phenoxy) is 1. The van der Waals surface area contributed by atoms with Crippen LogP contribution in [0.15, 0.2) is 47.2 Å². The number of anilines is 2. The fourth-order valence-corrected chi connectivity index (χ4v) is 5.25. The molecule has 0 radical (unpaired) electrons. The monoisotopic (exact) mass is 464 g/mol. The number of rotatable bonds is 9. The van der Waals surface area contributed by atoms with Crippen LogP contribution < -0.4 is 10.6 Å². The number of carbonyl (C=O) groups excluding carboxylic acids is 2. The van der Waals surface area contributed by atoms with Gasteiger partial charge in [0.15, 0.2) is 17.4 Å². The van der Waals surface area contributed by atoms with Gasteiger partial charge in [0.25, 0.3) is 5.91 Å². The lowest BCUT2D eigenvalue weighted by Crippen LogP contribution is -2.35. The van der Waals surface area contributed by atoms with Gasteiger partial charge in [0.1, 0.15) is 0 Å². The Bertz CT molecular complexity index is 1050. The zero-order valence-corrected chi connectivity index (χ0v) is 18.5. The molecule has 0 saturated carbocycles. The number of carbonyl (C=O) groups is 2. The minimum atomic E-state index is -3.61. The zero-order chi connectivity index (χ0) is 22.3. The first kappa shape index (κ1) is 22.9. The molecule has 2 heterocycles. The molecule has 1 amide bonds. The van der Waals surface area contributed by atoms with Crippen LogP contribution in [0.3, 0.4) is 0 Å². The SMILES string of the molecule is C=CCNc1nc(C(=O)OCC(=O)Nc2cccc(S(=O)(=O)N3CCCCC3)c2)cs1. The van der Waals surface area contributed by atoms with Crippen molar-refractivity contribution in [2.75, 3.05) is 36.9 Å². The Balaban J connectivity index is 1.56. The van der Waals surface area contributed by atoms with Crippen molar-refractivity contribution < 1.29 is 22.7 Å². The van der Waals surface area contributed by atoms with Gasteiger partial charge in [0.2, 0.25) is 10.0 Å². The topological polar surface area (TPSA) is 118 Å². The van der Waals surface area contributed by atoms with E-state index < -0.39 is 28.5 Å². The zero-order valence-electron chi connectivity index (χ0n) is 16.9. The fourth-order valence-electron chi connectivity index (χ4n) is 3.00. The molecule has 1 saturated heterocycles. The highest BCUT2D eigenvalue weighted by molar-refractivity contribution is 7.89. The summed E-state index contributed by atoms with van der Waals surface area (Å²) >= 11 is 1.24. The maximum absolute atomic E-state index is 12.8. The summed E-state index contributed by atoms with van der Waals surface area (Å²) in [7, 11) is -3.61. The Morgan fingerprint density at radius 3 is 2.77 bits per heavy atom. The van der Waals surface area contributed by atoms with Gasteiger partial charge in [-0.2, -0.15) is 4.31 Å². The normalized spacial score (nSPS) is 14.6. The molecule has 2 N–H and O–H groups in total. The lowest BCUT2D eigenvalue weighted by molar-refractivity contribution is -0.119. The number of amides is 1. The van der Waals surface area contributed by atoms with E-state index in [1.54, 1.807) is 18.2 Å². The Morgan fingerprint density at radius 2 is 2.03 bits per heavy atom. The Labute approximate surface area is 185 Å². The lowest BCUT2D eigenvalue weighted by atomic mass is 10.2. The van der Waals surface area contributed by atoms with Gasteiger partial charge in [-0.1, -0.05) is 18.6 Å². The standard InChI is InChI=1S/C20H24N4O5S2/c1-2-9-21-20-23-17(14-30-20)19(26)29-13-18(25)22-15-7-6-8-16(12-15)31(27,28)24-10-4-3-5-11-24/h2,6-8,12,14H,1,3-5,9-11,13H2,(H,21,23)(H,22,25). The summed E-state index contributed by atoms with van der Waals surface area (Å²) in [6, 6.07) is 6.04. The molecule has 31 heavy (non-hydrogen) atoms. The van der Waals surface area contributed by atoms with Crippen LogP contribution >= 0.6 is 11.3 Å². The van der Waals surface area contributed by atoms with E-state index in [0.29, 0.717) is 30.5 Å². The van der Waals surface area contributed by atoms with Crippen molar-refractivity contribution in [2.45, 2.75) is 24.2 Å². The lowest BCUT2D eigenvalue weighted by Gasteiger charge is -2.26. The number of sulfonamides is 1. The maximum atomic E-state index is 12.8. The van der Waals surface area contributed by atoms with Gasteiger partial charge in [-0.3, -0.25) is 4.79 Å². The van der Waals surface area contributed by atoms with Crippen LogP contribution in [-0.4, -0.2) is 55.8 Å². The van der Waals surface area contributed by atoms with E-state index in [9.17, 15) is 18.0 Å². The highest BCUT2D eigenvalue weighted by Gasteiger charge is 2.26. The van der Waals surface area contributed by atoms with Crippen molar-refractivity contribution in [1.29, 1.82) is 0 Å². The first-order valence-corrected chi connectivity index (χ1v) is 12.1. The van der Waals surface area contributed by atoms with Gasteiger partial charge in [-0.15, -0.1) is 17.9 Å². The predicted octanol–water partition coefficient (Wildman–Crippen LogP) is 2.71. The molecule has 0 bridgehead atoms. The van der Waals surface area contributed by atoms with Gasteiger partial charge < -0.3 is 15.4 Å². The van der Waals surface area contributed by atoms with Crippen molar-refractivity contribution in [2.24, 2.45) is 0 Å². The molecule has 11 heteroatoms. The van der Waals surface area contributed by atoms with Crippen LogP contribution in [0.2, 0.25) is 0 Å². The van der Waals surface area contributed by atoms with E-state index in [2.05, 4.69) is 22.2 Å². The van der Waals surface area contributed by atoms with E-state index >= 15 is 0 Å². The van der Waals surface area contributed by atoms with E-state index in [-0.39, 0.29) is 10.6 Å². The number of nitrogens with one attached hydrogen (secondary N) is 2. The molecule has 1 fully saturated rings. The Hall–Kier alpha value is -2.76. The van der Waals surface area contributed by atoms with Crippen molar-refractivity contribution in [3.05, 3.63) is 48.0 Å². The number of esters is 1. The predicted molar refractivity (Wildman–Crippen MR) is 119 cm³/mol. The average Bonchev–Trinajstić information content (AvgIpc) is 3.26. The summed E-state index contributed by atoms with van der Waals surface area (Å²) in [6.07, 6.45) is 4.36. The minimum Gasteiger partial charge on any atom is -0.451 e. The van der Waals surface area contributed by atoms with Gasteiger partial charge in [0, 0.05) is 30.7 Å². The van der Waals surface area contributed by atoms with E-state index in [1.807, 2.05) is 0 Å². The summed E-state index contributed by atoms with van der Waals surface area (Å²) < 4.78 is 32.0. The molecule has 3 rings (SSSR count). The molecule has 9 nitrogen and oxygen atoms in total. The van der Waals surface area contributed by atoms with Gasteiger partial charge in [-0.05, 0) is 31.0 Å². The van der Waals surface area contributed by atoms with Crippen LogP contribution in [0.5, 0.6) is 0 Å². The molecule has 0 atom stereocenters. The second-order valence-electron chi connectivity index (χ2n) is 6.82. The van der Waals surface area contributed by atoms with Gasteiger partial charge >= 0.3 is 5.97 Å². The number of hydrogen-bond donors (Lipinski definition) is 2. The van der Waals surface area contributed by atoms with E-state index in [1.165, 1.54) is 33.2 Å². The van der Waals surface area contributed by atoms with Gasteiger partial charge in [0.05, 0.1) is 4.90 Å². The van der Waals surface area contributed by atoms with Gasteiger partial charge in [-0.25, -0.2) is 18.2 Å². The molecule has 1 aliphatic heterocycles. The summed E-state index contributed by atoms with van der Waals surface area (Å²) in [4.78, 5) is 28.4. The molecule has 1 aromatic heterocycles. The molecular formula is C20H24N4O5S2.